The third-order valence-corrected chi connectivity index (χ3v) is 6.30. The zero-order valence-electron chi connectivity index (χ0n) is 18.2. The van der Waals surface area contributed by atoms with Crippen LogP contribution in [0.5, 0.6) is 5.75 Å². The van der Waals surface area contributed by atoms with Gasteiger partial charge >= 0.3 is 12.8 Å². The minimum atomic E-state index is -4.41. The molecule has 3 aromatic rings. The van der Waals surface area contributed by atoms with Crippen LogP contribution in [0.25, 0.3) is 22.3 Å². The van der Waals surface area contributed by atoms with Crippen LogP contribution in [-0.4, -0.2) is 27.4 Å². The summed E-state index contributed by atoms with van der Waals surface area (Å²) in [7, 11) is 0. The van der Waals surface area contributed by atoms with E-state index >= 15 is 0 Å². The molecule has 0 radical (unpaired) electrons. The molecule has 0 amide bonds. The minimum absolute atomic E-state index is 0.0261. The van der Waals surface area contributed by atoms with Gasteiger partial charge in [-0.3, -0.25) is 4.98 Å². The molecule has 1 fully saturated rings. The number of nitrogens with zero attached hydrogens (tertiary/aromatic N) is 3. The standard InChI is InChI=1S/C24H22F5N3O2/c1-13(24(27,28)29)9-21(33)14-5-8-19(31-12-14)22-18(11-30)17-7-6-16(34-23(25)26)10-20(17)32(22)15-3-2-4-15/h5-8,10,12-13,15,21,23,33H,2-4,9H2,1H3. The summed E-state index contributed by atoms with van der Waals surface area (Å²) >= 11 is 0. The maximum atomic E-state index is 12.8. The first kappa shape index (κ1) is 24.0. The molecule has 10 heteroatoms. The maximum Gasteiger partial charge on any atom is 0.391 e. The van der Waals surface area contributed by atoms with Gasteiger partial charge in [-0.2, -0.15) is 27.2 Å². The summed E-state index contributed by atoms with van der Waals surface area (Å²) in [5, 5.41) is 20.7. The number of nitriles is 1. The van der Waals surface area contributed by atoms with E-state index in [0.29, 0.717) is 27.9 Å². The van der Waals surface area contributed by atoms with E-state index in [1.165, 1.54) is 24.4 Å². The molecular formula is C24H22F5N3O2. The van der Waals surface area contributed by atoms with E-state index in [2.05, 4.69) is 15.8 Å². The number of rotatable bonds is 7. The fourth-order valence-electron chi connectivity index (χ4n) is 4.20. The Hall–Kier alpha value is -3.19. The second-order valence-electron chi connectivity index (χ2n) is 8.52. The number of alkyl halides is 5. The number of fused-ring (bicyclic) bond motifs is 1. The molecular weight excluding hydrogens is 457 g/mol. The number of pyridine rings is 1. The SMILES string of the molecule is CC(CC(O)c1ccc(-c2c(C#N)c3ccc(OC(F)F)cc3n2C2CCC2)nc1)C(F)(F)F. The molecule has 0 saturated heterocycles. The predicted molar refractivity (Wildman–Crippen MR) is 114 cm³/mol. The number of hydrogen-bond donors (Lipinski definition) is 1. The second-order valence-corrected chi connectivity index (χ2v) is 8.52. The van der Waals surface area contributed by atoms with Crippen molar-refractivity contribution >= 4 is 10.9 Å². The van der Waals surface area contributed by atoms with Crippen LogP contribution < -0.4 is 4.74 Å². The van der Waals surface area contributed by atoms with Crippen molar-refractivity contribution < 1.29 is 31.8 Å². The van der Waals surface area contributed by atoms with Gasteiger partial charge in [-0.25, -0.2) is 0 Å². The highest BCUT2D eigenvalue weighted by Gasteiger charge is 2.37. The molecule has 34 heavy (non-hydrogen) atoms. The molecule has 180 valence electrons. The molecule has 2 unspecified atom stereocenters. The summed E-state index contributed by atoms with van der Waals surface area (Å²) in [6.07, 6.45) is -2.29. The zero-order chi connectivity index (χ0) is 24.6. The Bertz CT molecular complexity index is 1210. The van der Waals surface area contributed by atoms with Gasteiger partial charge in [0.2, 0.25) is 0 Å². The smallest absolute Gasteiger partial charge is 0.391 e. The van der Waals surface area contributed by atoms with Crippen LogP contribution in [0.4, 0.5) is 22.0 Å². The molecule has 0 bridgehead atoms. The fraction of sp³-hybridized carbons (Fsp3) is 0.417. The van der Waals surface area contributed by atoms with Crippen LogP contribution in [0.3, 0.4) is 0 Å². The molecule has 1 aliphatic carbocycles. The van der Waals surface area contributed by atoms with Crippen LogP contribution in [0.2, 0.25) is 0 Å². The van der Waals surface area contributed by atoms with Crippen LogP contribution in [0, 0.1) is 17.2 Å². The van der Waals surface area contributed by atoms with Gasteiger partial charge in [-0.1, -0.05) is 13.0 Å². The number of aliphatic hydroxyl groups excluding tert-OH is 1. The molecule has 1 aromatic carbocycles. The van der Waals surface area contributed by atoms with Gasteiger partial charge in [0.05, 0.1) is 34.5 Å². The minimum Gasteiger partial charge on any atom is -0.435 e. The predicted octanol–water partition coefficient (Wildman–Crippen LogP) is 6.52. The Morgan fingerprint density at radius 1 is 1.24 bits per heavy atom. The number of halogens is 5. The van der Waals surface area contributed by atoms with Crippen molar-refractivity contribution in [2.24, 2.45) is 5.92 Å². The molecule has 0 aliphatic heterocycles. The van der Waals surface area contributed by atoms with Crippen molar-refractivity contribution in [2.75, 3.05) is 0 Å². The van der Waals surface area contributed by atoms with Gasteiger partial charge in [0.15, 0.2) is 0 Å². The maximum absolute atomic E-state index is 12.8. The molecule has 1 aliphatic rings. The highest BCUT2D eigenvalue weighted by atomic mass is 19.4. The molecule has 1 saturated carbocycles. The highest BCUT2D eigenvalue weighted by Crippen LogP contribution is 2.43. The van der Waals surface area contributed by atoms with Crippen molar-refractivity contribution in [3.8, 4) is 23.2 Å². The van der Waals surface area contributed by atoms with Gasteiger partial charge in [0.25, 0.3) is 0 Å². The molecule has 1 N–H and O–H groups in total. The van der Waals surface area contributed by atoms with Crippen LogP contribution in [0.15, 0.2) is 36.5 Å². The monoisotopic (exact) mass is 479 g/mol. The largest absolute Gasteiger partial charge is 0.435 e. The number of aliphatic hydroxyl groups is 1. The average molecular weight is 479 g/mol. The number of ether oxygens (including phenoxy) is 1. The topological polar surface area (TPSA) is 71.1 Å². The summed E-state index contributed by atoms with van der Waals surface area (Å²) in [5.41, 5.74) is 2.02. The lowest BCUT2D eigenvalue weighted by Crippen LogP contribution is -2.22. The Kier molecular flexibility index (Phi) is 6.49. The quantitative estimate of drug-likeness (QED) is 0.392. The molecule has 5 nitrogen and oxygen atoms in total. The summed E-state index contributed by atoms with van der Waals surface area (Å²) < 4.78 is 70.5. The lowest BCUT2D eigenvalue weighted by atomic mass is 9.92. The summed E-state index contributed by atoms with van der Waals surface area (Å²) in [5.74, 6) is -1.71. The first-order chi connectivity index (χ1) is 16.1. The van der Waals surface area contributed by atoms with Crippen molar-refractivity contribution in [1.29, 1.82) is 5.26 Å². The molecule has 2 atom stereocenters. The molecule has 2 heterocycles. The third-order valence-electron chi connectivity index (χ3n) is 6.30. The van der Waals surface area contributed by atoms with E-state index in [9.17, 15) is 32.3 Å². The lowest BCUT2D eigenvalue weighted by Gasteiger charge is -2.30. The van der Waals surface area contributed by atoms with Crippen molar-refractivity contribution in [1.82, 2.24) is 9.55 Å². The normalized spacial score (nSPS) is 16.3. The van der Waals surface area contributed by atoms with Crippen molar-refractivity contribution in [3.05, 3.63) is 47.7 Å². The molecule has 2 aromatic heterocycles. The Morgan fingerprint density at radius 3 is 2.50 bits per heavy atom. The van der Waals surface area contributed by atoms with Gasteiger partial charge in [0, 0.05) is 23.7 Å². The van der Waals surface area contributed by atoms with E-state index in [-0.39, 0.29) is 17.4 Å². The van der Waals surface area contributed by atoms with Gasteiger partial charge < -0.3 is 14.4 Å². The first-order valence-corrected chi connectivity index (χ1v) is 10.8. The number of hydrogen-bond acceptors (Lipinski definition) is 4. The second kappa shape index (κ2) is 9.22. The zero-order valence-corrected chi connectivity index (χ0v) is 18.2. The van der Waals surface area contributed by atoms with Crippen LogP contribution >= 0.6 is 0 Å². The van der Waals surface area contributed by atoms with E-state index < -0.39 is 31.2 Å². The Balaban J connectivity index is 1.75. The van der Waals surface area contributed by atoms with E-state index in [1.807, 2.05) is 4.57 Å². The third kappa shape index (κ3) is 4.57. The summed E-state index contributed by atoms with van der Waals surface area (Å²) in [6, 6.07) is 9.67. The van der Waals surface area contributed by atoms with Crippen LogP contribution in [0.1, 0.15) is 55.9 Å². The van der Waals surface area contributed by atoms with Crippen molar-refractivity contribution in [3.63, 3.8) is 0 Å². The average Bonchev–Trinajstić information content (AvgIpc) is 3.04. The van der Waals surface area contributed by atoms with Crippen LogP contribution in [-0.2, 0) is 0 Å². The Labute approximate surface area is 192 Å². The summed E-state index contributed by atoms with van der Waals surface area (Å²) in [4.78, 5) is 4.35. The highest BCUT2D eigenvalue weighted by molar-refractivity contribution is 5.95. The van der Waals surface area contributed by atoms with Gasteiger partial charge in [-0.05, 0) is 49.4 Å². The van der Waals surface area contributed by atoms with Gasteiger partial charge in [0.1, 0.15) is 11.8 Å². The van der Waals surface area contributed by atoms with Crippen molar-refractivity contribution in [2.45, 2.75) is 57.5 Å². The Morgan fingerprint density at radius 2 is 1.97 bits per heavy atom. The van der Waals surface area contributed by atoms with E-state index in [1.54, 1.807) is 12.1 Å². The number of benzene rings is 1. The first-order valence-electron chi connectivity index (χ1n) is 10.8. The molecule has 4 rings (SSSR count). The van der Waals surface area contributed by atoms with Gasteiger partial charge in [-0.15, -0.1) is 0 Å². The molecule has 0 spiro atoms. The van der Waals surface area contributed by atoms with E-state index in [0.717, 1.165) is 26.2 Å². The number of aromatic nitrogens is 2. The fourth-order valence-corrected chi connectivity index (χ4v) is 4.20. The van der Waals surface area contributed by atoms with E-state index in [4.69, 9.17) is 0 Å². The summed E-state index contributed by atoms with van der Waals surface area (Å²) in [6.45, 7) is -1.98. The lowest BCUT2D eigenvalue weighted by molar-refractivity contribution is -0.176.